The molecule has 1 atom stereocenters. The number of tetrazole rings is 1. The minimum atomic E-state index is -0.446. The highest BCUT2D eigenvalue weighted by atomic mass is 16.2. The smallest absolute Gasteiger partial charge is 0.342 e. The predicted octanol–water partition coefficient (Wildman–Crippen LogP) is 0.926. The molecule has 160 valence electrons. The van der Waals surface area contributed by atoms with Crippen LogP contribution in [-0.2, 0) is 16.1 Å². The zero-order valence-electron chi connectivity index (χ0n) is 17.3. The molecule has 2 saturated heterocycles. The maximum absolute atomic E-state index is 12.8. The van der Waals surface area contributed by atoms with Gasteiger partial charge >= 0.3 is 5.69 Å². The fourth-order valence-corrected chi connectivity index (χ4v) is 4.36. The van der Waals surface area contributed by atoms with E-state index < -0.39 is 5.69 Å². The van der Waals surface area contributed by atoms with E-state index in [0.717, 1.165) is 24.2 Å². The Balaban J connectivity index is 1.32. The molecule has 0 bridgehead atoms. The highest BCUT2D eigenvalue weighted by Gasteiger charge is 2.32. The normalized spacial score (nSPS) is 20.4. The number of carbonyl (C=O) groups excluding carboxylic acids is 2. The summed E-state index contributed by atoms with van der Waals surface area (Å²) in [5, 5.41) is 7.72. The van der Waals surface area contributed by atoms with Gasteiger partial charge in [0.25, 0.3) is 0 Å². The Morgan fingerprint density at radius 1 is 1.00 bits per heavy atom. The molecule has 3 heterocycles. The highest BCUT2D eigenvalue weighted by molar-refractivity contribution is 5.80. The Bertz CT molecular complexity index is 945. The molecule has 9 heteroatoms. The molecule has 4 rings (SSSR count). The lowest BCUT2D eigenvalue weighted by molar-refractivity contribution is -0.142. The number of rotatable bonds is 4. The van der Waals surface area contributed by atoms with Crippen molar-refractivity contribution in [2.24, 2.45) is 11.8 Å². The van der Waals surface area contributed by atoms with Crippen LogP contribution in [0.4, 0.5) is 0 Å². The number of hydrogen-bond acceptors (Lipinski definition) is 5. The second-order valence-corrected chi connectivity index (χ2v) is 8.35. The molecule has 2 aliphatic rings. The Kier molecular flexibility index (Phi) is 5.96. The van der Waals surface area contributed by atoms with E-state index in [0.29, 0.717) is 37.5 Å². The maximum atomic E-state index is 12.8. The lowest BCUT2D eigenvalue weighted by atomic mass is 9.92. The molecule has 0 saturated carbocycles. The minimum absolute atomic E-state index is 0.0129. The predicted molar refractivity (Wildman–Crippen MR) is 110 cm³/mol. The molecule has 0 radical (unpaired) electrons. The number of amides is 2. The fraction of sp³-hybridized carbons (Fsp3) is 0.571. The van der Waals surface area contributed by atoms with Crippen LogP contribution >= 0.6 is 0 Å². The van der Waals surface area contributed by atoms with Crippen molar-refractivity contribution < 1.29 is 9.59 Å². The first kappa shape index (κ1) is 20.3. The van der Waals surface area contributed by atoms with Crippen LogP contribution in [0.5, 0.6) is 0 Å². The Morgan fingerprint density at radius 2 is 1.73 bits per heavy atom. The van der Waals surface area contributed by atoms with E-state index in [1.54, 1.807) is 17.0 Å². The quantitative estimate of drug-likeness (QED) is 0.745. The Labute approximate surface area is 175 Å². The van der Waals surface area contributed by atoms with E-state index in [-0.39, 0.29) is 24.3 Å². The third kappa shape index (κ3) is 4.29. The number of benzene rings is 1. The summed E-state index contributed by atoms with van der Waals surface area (Å²) < 4.78 is 2.26. The van der Waals surface area contributed by atoms with Crippen molar-refractivity contribution in [3.63, 3.8) is 0 Å². The van der Waals surface area contributed by atoms with Gasteiger partial charge in [-0.15, -0.1) is 0 Å². The number of nitrogens with zero attached hydrogens (tertiary/aromatic N) is 6. The molecule has 9 nitrogen and oxygen atoms in total. The average Bonchev–Trinajstić information content (AvgIpc) is 3.14. The topological polar surface area (TPSA) is 93.3 Å². The van der Waals surface area contributed by atoms with Crippen LogP contribution < -0.4 is 5.69 Å². The zero-order valence-corrected chi connectivity index (χ0v) is 17.3. The standard InChI is InChI=1S/C21H28N6O3/c1-16-6-5-11-25(14-16)20(29)17-9-12-24(13-10-17)19(28)15-26-21(30)27(23-22-26)18-7-3-2-4-8-18/h2-4,7-8,16-17H,5-6,9-15H2,1H3. The third-order valence-corrected chi connectivity index (χ3v) is 6.09. The van der Waals surface area contributed by atoms with Gasteiger partial charge in [-0.1, -0.05) is 25.1 Å². The van der Waals surface area contributed by atoms with Crippen molar-refractivity contribution in [2.75, 3.05) is 26.2 Å². The van der Waals surface area contributed by atoms with Gasteiger partial charge in [-0.2, -0.15) is 9.36 Å². The third-order valence-electron chi connectivity index (χ3n) is 6.09. The van der Waals surface area contributed by atoms with E-state index in [9.17, 15) is 14.4 Å². The van der Waals surface area contributed by atoms with Gasteiger partial charge in [0.1, 0.15) is 6.54 Å². The van der Waals surface area contributed by atoms with Gasteiger partial charge in [-0.05, 0) is 54.2 Å². The molecule has 2 aromatic rings. The molecular formula is C21H28N6O3. The Hall–Kier alpha value is -2.97. The lowest BCUT2D eigenvalue weighted by Crippen LogP contribution is -2.47. The van der Waals surface area contributed by atoms with Gasteiger partial charge in [0.15, 0.2) is 0 Å². The van der Waals surface area contributed by atoms with E-state index in [1.165, 1.54) is 11.1 Å². The van der Waals surface area contributed by atoms with Crippen LogP contribution in [0.2, 0.25) is 0 Å². The van der Waals surface area contributed by atoms with Crippen LogP contribution in [-0.4, -0.2) is 67.6 Å². The molecule has 2 aliphatic heterocycles. The number of piperidine rings is 2. The first-order valence-electron chi connectivity index (χ1n) is 10.7. The molecule has 2 amide bonds. The van der Waals surface area contributed by atoms with Gasteiger partial charge in [0.2, 0.25) is 11.8 Å². The average molecular weight is 412 g/mol. The van der Waals surface area contributed by atoms with Gasteiger partial charge in [-0.25, -0.2) is 4.79 Å². The second kappa shape index (κ2) is 8.81. The SMILES string of the molecule is CC1CCCN(C(=O)C2CCN(C(=O)Cn3nnn(-c4ccccc4)c3=O)CC2)C1. The summed E-state index contributed by atoms with van der Waals surface area (Å²) in [4.78, 5) is 41.7. The van der Waals surface area contributed by atoms with Crippen LogP contribution in [0.3, 0.4) is 0 Å². The maximum Gasteiger partial charge on any atom is 0.368 e. The summed E-state index contributed by atoms with van der Waals surface area (Å²) in [6.45, 7) is 4.80. The van der Waals surface area contributed by atoms with Crippen molar-refractivity contribution in [1.82, 2.24) is 29.6 Å². The van der Waals surface area contributed by atoms with Crippen LogP contribution in [0, 0.1) is 11.8 Å². The van der Waals surface area contributed by atoms with Crippen molar-refractivity contribution in [1.29, 1.82) is 0 Å². The number of aromatic nitrogens is 4. The van der Waals surface area contributed by atoms with E-state index in [2.05, 4.69) is 17.4 Å². The number of hydrogen-bond donors (Lipinski definition) is 0. The minimum Gasteiger partial charge on any atom is -0.342 e. The zero-order chi connectivity index (χ0) is 21.1. The van der Waals surface area contributed by atoms with Crippen LogP contribution in [0.15, 0.2) is 35.1 Å². The highest BCUT2D eigenvalue weighted by Crippen LogP contribution is 2.23. The van der Waals surface area contributed by atoms with Crippen LogP contribution in [0.25, 0.3) is 5.69 Å². The molecule has 0 aliphatic carbocycles. The number of para-hydroxylation sites is 1. The summed E-state index contributed by atoms with van der Waals surface area (Å²) in [7, 11) is 0. The number of likely N-dealkylation sites (tertiary alicyclic amines) is 2. The van der Waals surface area contributed by atoms with Gasteiger partial charge in [-0.3, -0.25) is 9.59 Å². The fourth-order valence-electron chi connectivity index (χ4n) is 4.36. The lowest BCUT2D eigenvalue weighted by Gasteiger charge is -2.37. The van der Waals surface area contributed by atoms with Gasteiger partial charge in [0.05, 0.1) is 5.69 Å². The first-order valence-corrected chi connectivity index (χ1v) is 10.7. The van der Waals surface area contributed by atoms with Crippen LogP contribution in [0.1, 0.15) is 32.6 Å². The summed E-state index contributed by atoms with van der Waals surface area (Å²) >= 11 is 0. The monoisotopic (exact) mass is 412 g/mol. The molecule has 2 fully saturated rings. The van der Waals surface area contributed by atoms with Crippen molar-refractivity contribution in [2.45, 2.75) is 39.2 Å². The molecule has 1 aromatic carbocycles. The molecule has 1 unspecified atom stereocenters. The number of carbonyl (C=O) groups is 2. The van der Waals surface area contributed by atoms with Crippen molar-refractivity contribution in [3.8, 4) is 5.69 Å². The summed E-state index contributed by atoms with van der Waals surface area (Å²) in [5.74, 6) is 0.610. The van der Waals surface area contributed by atoms with E-state index in [4.69, 9.17) is 0 Å². The molecule has 0 N–H and O–H groups in total. The summed E-state index contributed by atoms with van der Waals surface area (Å²) in [6, 6.07) is 8.98. The Morgan fingerprint density at radius 3 is 2.43 bits per heavy atom. The van der Waals surface area contributed by atoms with Crippen molar-refractivity contribution in [3.05, 3.63) is 40.8 Å². The molecular weight excluding hydrogens is 384 g/mol. The van der Waals surface area contributed by atoms with Gasteiger partial charge < -0.3 is 9.80 Å². The first-order chi connectivity index (χ1) is 14.5. The molecule has 30 heavy (non-hydrogen) atoms. The van der Waals surface area contributed by atoms with Crippen molar-refractivity contribution >= 4 is 11.8 Å². The second-order valence-electron chi connectivity index (χ2n) is 8.35. The summed E-state index contributed by atoms with van der Waals surface area (Å²) in [5.41, 5.74) is 0.159. The van der Waals surface area contributed by atoms with Gasteiger partial charge in [0, 0.05) is 32.1 Å². The van der Waals surface area contributed by atoms with E-state index >= 15 is 0 Å². The summed E-state index contributed by atoms with van der Waals surface area (Å²) in [6.07, 6.45) is 3.59. The molecule has 0 spiro atoms. The largest absolute Gasteiger partial charge is 0.368 e. The molecule has 1 aromatic heterocycles. The van der Waals surface area contributed by atoms with E-state index in [1.807, 2.05) is 23.1 Å².